The number of sulfonamides is 1. The summed E-state index contributed by atoms with van der Waals surface area (Å²) in [5.74, 6) is -0.328. The summed E-state index contributed by atoms with van der Waals surface area (Å²) in [6, 6.07) is 13.0. The topological polar surface area (TPSA) is 57.7 Å². The van der Waals surface area contributed by atoms with Crippen molar-refractivity contribution in [1.82, 2.24) is 4.90 Å². The molecule has 1 unspecified atom stereocenters. The Bertz CT molecular complexity index is 889. The Balaban J connectivity index is 2.30. The van der Waals surface area contributed by atoms with Gasteiger partial charge in [0.15, 0.2) is 0 Å². The van der Waals surface area contributed by atoms with E-state index in [4.69, 9.17) is 23.2 Å². The summed E-state index contributed by atoms with van der Waals surface area (Å²) in [4.78, 5) is 14.3. The Labute approximate surface area is 164 Å². The number of nitrogens with zero attached hydrogens (tertiary/aromatic N) is 2. The molecule has 0 radical (unpaired) electrons. The molecule has 1 amide bonds. The first kappa shape index (κ1) is 20.6. The quantitative estimate of drug-likeness (QED) is 0.721. The maximum atomic E-state index is 12.8. The van der Waals surface area contributed by atoms with Crippen molar-refractivity contribution in [1.29, 1.82) is 0 Å². The number of halogens is 2. The molecule has 2 aromatic carbocycles. The van der Waals surface area contributed by atoms with Crippen LogP contribution in [-0.4, -0.2) is 38.6 Å². The van der Waals surface area contributed by atoms with Gasteiger partial charge in [0.1, 0.15) is 6.04 Å². The minimum atomic E-state index is -3.71. The molecule has 0 aliphatic heterocycles. The number of likely N-dealkylation sites (N-methyl/N-ethyl adjacent to an activating group) is 1. The normalized spacial score (nSPS) is 12.5. The minimum absolute atomic E-state index is 0.218. The molecule has 1 atom stereocenters. The van der Waals surface area contributed by atoms with Gasteiger partial charge in [-0.1, -0.05) is 53.5 Å². The Morgan fingerprint density at radius 1 is 1.08 bits per heavy atom. The smallest absolute Gasteiger partial charge is 0.246 e. The van der Waals surface area contributed by atoms with Gasteiger partial charge in [0, 0.05) is 13.6 Å². The van der Waals surface area contributed by atoms with Gasteiger partial charge < -0.3 is 4.90 Å². The molecule has 2 aromatic rings. The lowest BCUT2D eigenvalue weighted by molar-refractivity contribution is -0.131. The van der Waals surface area contributed by atoms with Crippen molar-refractivity contribution in [2.45, 2.75) is 19.5 Å². The Morgan fingerprint density at radius 2 is 1.69 bits per heavy atom. The average Bonchev–Trinajstić information content (AvgIpc) is 2.57. The molecule has 0 aliphatic carbocycles. The molecule has 0 spiro atoms. The van der Waals surface area contributed by atoms with Crippen molar-refractivity contribution >= 4 is 44.8 Å². The van der Waals surface area contributed by atoms with Crippen LogP contribution < -0.4 is 4.31 Å². The van der Waals surface area contributed by atoms with Crippen molar-refractivity contribution in [3.05, 3.63) is 64.1 Å². The molecule has 0 N–H and O–H groups in total. The zero-order valence-electron chi connectivity index (χ0n) is 14.7. The highest BCUT2D eigenvalue weighted by Gasteiger charge is 2.31. The van der Waals surface area contributed by atoms with E-state index in [0.29, 0.717) is 11.6 Å². The van der Waals surface area contributed by atoms with Gasteiger partial charge in [-0.3, -0.25) is 9.10 Å². The molecular weight excluding hydrogens is 395 g/mol. The first-order valence-electron chi connectivity index (χ1n) is 7.84. The van der Waals surface area contributed by atoms with Crippen molar-refractivity contribution < 1.29 is 13.2 Å². The molecule has 0 saturated heterocycles. The van der Waals surface area contributed by atoms with Crippen LogP contribution in [0.5, 0.6) is 0 Å². The Morgan fingerprint density at radius 3 is 2.23 bits per heavy atom. The Kier molecular flexibility index (Phi) is 6.55. The summed E-state index contributed by atoms with van der Waals surface area (Å²) < 4.78 is 25.7. The highest BCUT2D eigenvalue weighted by atomic mass is 35.5. The first-order valence-corrected chi connectivity index (χ1v) is 10.4. The van der Waals surface area contributed by atoms with Crippen LogP contribution in [0.3, 0.4) is 0 Å². The molecule has 26 heavy (non-hydrogen) atoms. The van der Waals surface area contributed by atoms with E-state index in [-0.39, 0.29) is 16.6 Å². The molecule has 8 heteroatoms. The van der Waals surface area contributed by atoms with Crippen LogP contribution in [0.25, 0.3) is 0 Å². The standard InChI is InChI=1S/C18H20Cl2N2O3S/c1-13(18(23)21(2)12-14-7-5-4-6-8-14)22(26(3,24)25)15-9-10-16(19)17(20)11-15/h4-11,13H,12H2,1-3H3. The lowest BCUT2D eigenvalue weighted by Crippen LogP contribution is -2.48. The third kappa shape index (κ3) is 4.90. The maximum Gasteiger partial charge on any atom is 0.246 e. The lowest BCUT2D eigenvalue weighted by Gasteiger charge is -2.31. The third-order valence-corrected chi connectivity index (χ3v) is 5.84. The molecule has 0 bridgehead atoms. The third-order valence-electron chi connectivity index (χ3n) is 3.86. The van der Waals surface area contributed by atoms with E-state index in [9.17, 15) is 13.2 Å². The number of carbonyl (C=O) groups excluding carboxylic acids is 1. The van der Waals surface area contributed by atoms with Gasteiger partial charge in [-0.15, -0.1) is 0 Å². The second kappa shape index (κ2) is 8.29. The van der Waals surface area contributed by atoms with E-state index in [0.717, 1.165) is 16.1 Å². The molecule has 0 heterocycles. The van der Waals surface area contributed by atoms with Crippen LogP contribution in [-0.2, 0) is 21.4 Å². The van der Waals surface area contributed by atoms with Gasteiger partial charge in [-0.05, 0) is 30.7 Å². The van der Waals surface area contributed by atoms with Gasteiger partial charge in [-0.2, -0.15) is 0 Å². The van der Waals surface area contributed by atoms with Gasteiger partial charge in [0.05, 0.1) is 22.0 Å². The zero-order chi connectivity index (χ0) is 19.5. The van der Waals surface area contributed by atoms with Crippen molar-refractivity contribution in [2.75, 3.05) is 17.6 Å². The number of benzene rings is 2. The van der Waals surface area contributed by atoms with E-state index >= 15 is 0 Å². The van der Waals surface area contributed by atoms with Crippen molar-refractivity contribution in [2.24, 2.45) is 0 Å². The molecule has 2 rings (SSSR count). The van der Waals surface area contributed by atoms with E-state index in [1.807, 2.05) is 30.3 Å². The van der Waals surface area contributed by atoms with Crippen LogP contribution in [0, 0.1) is 0 Å². The number of rotatable bonds is 6. The first-order chi connectivity index (χ1) is 12.1. The predicted octanol–water partition coefficient (Wildman–Crippen LogP) is 3.81. The minimum Gasteiger partial charge on any atom is -0.340 e. The number of hydrogen-bond acceptors (Lipinski definition) is 3. The van der Waals surface area contributed by atoms with E-state index in [1.165, 1.54) is 23.1 Å². The molecule has 0 fully saturated rings. The summed E-state index contributed by atoms with van der Waals surface area (Å²) in [5.41, 5.74) is 1.24. The molecule has 0 saturated carbocycles. The monoisotopic (exact) mass is 414 g/mol. The molecule has 5 nitrogen and oxygen atoms in total. The van der Waals surface area contributed by atoms with Gasteiger partial charge in [-0.25, -0.2) is 8.42 Å². The van der Waals surface area contributed by atoms with Crippen LogP contribution in [0.1, 0.15) is 12.5 Å². The average molecular weight is 415 g/mol. The second-order valence-corrected chi connectivity index (χ2v) is 8.69. The largest absolute Gasteiger partial charge is 0.340 e. The van der Waals surface area contributed by atoms with Gasteiger partial charge >= 0.3 is 0 Å². The van der Waals surface area contributed by atoms with E-state index < -0.39 is 16.1 Å². The summed E-state index contributed by atoms with van der Waals surface area (Å²) in [6.45, 7) is 1.93. The zero-order valence-corrected chi connectivity index (χ0v) is 17.0. The summed E-state index contributed by atoms with van der Waals surface area (Å²) in [6.07, 6.45) is 1.05. The van der Waals surface area contributed by atoms with Crippen molar-refractivity contribution in [3.63, 3.8) is 0 Å². The van der Waals surface area contributed by atoms with E-state index in [2.05, 4.69) is 0 Å². The molecule has 140 valence electrons. The lowest BCUT2D eigenvalue weighted by atomic mass is 10.2. The Hall–Kier alpha value is -1.76. The molecular formula is C18H20Cl2N2O3S. The van der Waals surface area contributed by atoms with Crippen LogP contribution in [0.15, 0.2) is 48.5 Å². The molecule has 0 aliphatic rings. The molecule has 0 aromatic heterocycles. The fourth-order valence-electron chi connectivity index (χ4n) is 2.68. The highest BCUT2D eigenvalue weighted by Crippen LogP contribution is 2.30. The second-order valence-electron chi connectivity index (χ2n) is 6.01. The van der Waals surface area contributed by atoms with Crippen molar-refractivity contribution in [3.8, 4) is 0 Å². The predicted molar refractivity (Wildman–Crippen MR) is 106 cm³/mol. The SMILES string of the molecule is CC(C(=O)N(C)Cc1ccccc1)N(c1ccc(Cl)c(Cl)c1)S(C)(=O)=O. The van der Waals surface area contributed by atoms with Crippen LogP contribution in [0.4, 0.5) is 5.69 Å². The summed E-state index contributed by atoms with van der Waals surface area (Å²) >= 11 is 11.9. The fraction of sp³-hybridized carbons (Fsp3) is 0.278. The van der Waals surface area contributed by atoms with Crippen LogP contribution in [0.2, 0.25) is 10.0 Å². The highest BCUT2D eigenvalue weighted by molar-refractivity contribution is 7.92. The van der Waals surface area contributed by atoms with Gasteiger partial charge in [0.2, 0.25) is 15.9 Å². The number of anilines is 1. The van der Waals surface area contributed by atoms with Gasteiger partial charge in [0.25, 0.3) is 0 Å². The number of carbonyl (C=O) groups is 1. The maximum absolute atomic E-state index is 12.8. The van der Waals surface area contributed by atoms with Crippen LogP contribution >= 0.6 is 23.2 Å². The summed E-state index contributed by atoms with van der Waals surface area (Å²) in [7, 11) is -2.07. The van der Waals surface area contributed by atoms with E-state index in [1.54, 1.807) is 14.0 Å². The number of hydrogen-bond donors (Lipinski definition) is 0. The fourth-order valence-corrected chi connectivity index (χ4v) is 4.13. The summed E-state index contributed by atoms with van der Waals surface area (Å²) in [5, 5.41) is 0.527. The number of amides is 1.